The minimum atomic E-state index is -4.40. The van der Waals surface area contributed by atoms with Gasteiger partial charge in [0.05, 0.1) is 13.2 Å². The molecule has 0 aliphatic rings. The summed E-state index contributed by atoms with van der Waals surface area (Å²) >= 11 is 0. The summed E-state index contributed by atoms with van der Waals surface area (Å²) in [6.45, 7) is 3.66. The lowest BCUT2D eigenvalue weighted by Crippen LogP contribution is -2.29. The van der Waals surface area contributed by atoms with Crippen LogP contribution < -0.4 is 5.73 Å². The smallest absolute Gasteiger partial charge is 0.462 e. The minimum absolute atomic E-state index is 0.0422. The zero-order valence-electron chi connectivity index (χ0n) is 37.7. The van der Waals surface area contributed by atoms with E-state index < -0.39 is 32.5 Å². The van der Waals surface area contributed by atoms with Crippen LogP contribution in [0, 0.1) is 0 Å². The second kappa shape index (κ2) is 45.2. The average molecular weight is 850 g/mol. The molecule has 0 heterocycles. The lowest BCUT2D eigenvalue weighted by Gasteiger charge is -2.19. The summed E-state index contributed by atoms with van der Waals surface area (Å²) in [6, 6.07) is 0. The molecular weight excluding hydrogens is 762 g/mol. The zero-order chi connectivity index (χ0) is 43.2. The van der Waals surface area contributed by atoms with Crippen molar-refractivity contribution in [2.45, 2.75) is 213 Å². The largest absolute Gasteiger partial charge is 0.472 e. The fraction of sp³-hybridized carbons (Fsp3) is 0.755. The van der Waals surface area contributed by atoms with Gasteiger partial charge in [-0.2, -0.15) is 0 Å². The second-order valence-electron chi connectivity index (χ2n) is 15.6. The SMILES string of the molecule is CCCCCCCC/C=C/CCCCCCCCCC(=O)OC[C@H](COP(=O)(O)OCCN)OC(=O)CCC/C=C/C/C=C/C/C=C/C/C=C/CCCCCCCCC. The average Bonchev–Trinajstić information content (AvgIpc) is 3.22. The number of phosphoric acid groups is 1. The van der Waals surface area contributed by atoms with Crippen LogP contribution in [0.15, 0.2) is 60.8 Å². The Morgan fingerprint density at radius 2 is 0.898 bits per heavy atom. The molecule has 0 fully saturated rings. The maximum Gasteiger partial charge on any atom is 0.472 e. The van der Waals surface area contributed by atoms with Crippen LogP contribution in [0.2, 0.25) is 0 Å². The molecule has 0 aromatic rings. The highest BCUT2D eigenvalue weighted by Crippen LogP contribution is 2.43. The quantitative estimate of drug-likeness (QED) is 0.0266. The number of carbonyl (C=O) groups is 2. The third-order valence-corrected chi connectivity index (χ3v) is 10.9. The van der Waals surface area contributed by atoms with E-state index in [2.05, 4.69) is 68.5 Å². The topological polar surface area (TPSA) is 134 Å². The Bertz CT molecular complexity index is 1150. The maximum absolute atomic E-state index is 12.6. The number of nitrogens with two attached hydrogens (primary N) is 1. The predicted octanol–water partition coefficient (Wildman–Crippen LogP) is 14.1. The van der Waals surface area contributed by atoms with E-state index in [9.17, 15) is 19.0 Å². The van der Waals surface area contributed by atoms with Crippen molar-refractivity contribution in [1.29, 1.82) is 0 Å². The van der Waals surface area contributed by atoms with E-state index in [4.69, 9.17) is 24.3 Å². The molecule has 0 aromatic carbocycles. The Balaban J connectivity index is 4.22. The number of hydrogen-bond acceptors (Lipinski definition) is 8. The van der Waals surface area contributed by atoms with Crippen LogP contribution in [0.25, 0.3) is 0 Å². The first kappa shape index (κ1) is 56.7. The summed E-state index contributed by atoms with van der Waals surface area (Å²) in [6.07, 6.45) is 54.0. The number of unbranched alkanes of at least 4 members (excludes halogenated alkanes) is 21. The van der Waals surface area contributed by atoms with Crippen molar-refractivity contribution in [2.75, 3.05) is 26.4 Å². The summed E-state index contributed by atoms with van der Waals surface area (Å²) in [7, 11) is -4.40. The molecule has 0 amide bonds. The second-order valence-corrected chi connectivity index (χ2v) is 17.1. The molecular formula is C49H88NO8P. The van der Waals surface area contributed by atoms with Crippen molar-refractivity contribution in [1.82, 2.24) is 0 Å². The maximum atomic E-state index is 12.6. The van der Waals surface area contributed by atoms with Crippen LogP contribution in [-0.2, 0) is 32.7 Å². The highest BCUT2D eigenvalue weighted by atomic mass is 31.2. The van der Waals surface area contributed by atoms with Crippen LogP contribution in [0.3, 0.4) is 0 Å². The Hall–Kier alpha value is -2.29. The number of carbonyl (C=O) groups excluding carboxylic acids is 2. The van der Waals surface area contributed by atoms with E-state index in [0.29, 0.717) is 12.8 Å². The Kier molecular flexibility index (Phi) is 43.5. The summed E-state index contributed by atoms with van der Waals surface area (Å²) in [5, 5.41) is 0. The van der Waals surface area contributed by atoms with E-state index in [1.165, 1.54) is 116 Å². The fourth-order valence-electron chi connectivity index (χ4n) is 6.33. The van der Waals surface area contributed by atoms with E-state index in [-0.39, 0.29) is 32.6 Å². The molecule has 0 radical (unpaired) electrons. The molecule has 2 atom stereocenters. The summed E-state index contributed by atoms with van der Waals surface area (Å²) in [5.41, 5.74) is 5.35. The molecule has 0 saturated carbocycles. The molecule has 10 heteroatoms. The standard InChI is InChI=1S/C49H88NO8P/c1-3-5-7-9-11-13-15-17-19-21-22-23-24-26-28-30-32-34-36-38-40-42-49(52)58-47(46-57-59(53,54)56-44-43-50)45-55-48(51)41-39-37-35-33-31-29-27-25-20-18-16-14-12-10-8-6-4-2/h18-21,23-24,28,30,34,36,47H,3-17,22,25-27,29,31-33,35,37-46,50H2,1-2H3,(H,53,54)/b20-18+,21-19+,24-23+,30-28+,36-34+/t47-/m1/s1. The molecule has 0 bridgehead atoms. The Morgan fingerprint density at radius 3 is 1.37 bits per heavy atom. The molecule has 0 aromatic heterocycles. The number of phosphoric ester groups is 1. The highest BCUT2D eigenvalue weighted by Gasteiger charge is 2.26. The number of esters is 2. The first-order valence-electron chi connectivity index (χ1n) is 23.8. The molecule has 342 valence electrons. The van der Waals surface area contributed by atoms with Gasteiger partial charge in [0.15, 0.2) is 6.10 Å². The van der Waals surface area contributed by atoms with Crippen molar-refractivity contribution in [3.63, 3.8) is 0 Å². The minimum Gasteiger partial charge on any atom is -0.462 e. The van der Waals surface area contributed by atoms with Gasteiger partial charge in [-0.1, -0.05) is 177 Å². The van der Waals surface area contributed by atoms with Gasteiger partial charge in [-0.25, -0.2) is 4.57 Å². The van der Waals surface area contributed by atoms with Crippen LogP contribution >= 0.6 is 7.82 Å². The van der Waals surface area contributed by atoms with Gasteiger partial charge < -0.3 is 20.1 Å². The van der Waals surface area contributed by atoms with Gasteiger partial charge >= 0.3 is 19.8 Å². The molecule has 0 saturated heterocycles. The third-order valence-electron chi connectivity index (χ3n) is 9.88. The molecule has 3 N–H and O–H groups in total. The first-order chi connectivity index (χ1) is 28.8. The molecule has 0 aliphatic carbocycles. The van der Waals surface area contributed by atoms with E-state index in [0.717, 1.165) is 51.4 Å². The van der Waals surface area contributed by atoms with Crippen molar-refractivity contribution in [3.05, 3.63) is 60.8 Å². The summed E-state index contributed by atoms with van der Waals surface area (Å²) in [5.74, 6) is -0.899. The predicted molar refractivity (Wildman–Crippen MR) is 247 cm³/mol. The van der Waals surface area contributed by atoms with Gasteiger partial charge in [0.1, 0.15) is 6.61 Å². The first-order valence-corrected chi connectivity index (χ1v) is 25.3. The van der Waals surface area contributed by atoms with Gasteiger partial charge in [-0.3, -0.25) is 18.6 Å². The molecule has 0 aliphatic heterocycles. The van der Waals surface area contributed by atoms with Crippen molar-refractivity contribution >= 4 is 19.8 Å². The third kappa shape index (κ3) is 45.1. The fourth-order valence-corrected chi connectivity index (χ4v) is 7.09. The zero-order valence-corrected chi connectivity index (χ0v) is 38.6. The molecule has 9 nitrogen and oxygen atoms in total. The van der Waals surface area contributed by atoms with Gasteiger partial charge in [-0.05, 0) is 77.0 Å². The number of rotatable bonds is 44. The van der Waals surface area contributed by atoms with E-state index in [1.807, 2.05) is 6.08 Å². The Morgan fingerprint density at radius 1 is 0.508 bits per heavy atom. The molecule has 1 unspecified atom stereocenters. The number of hydrogen-bond donors (Lipinski definition) is 2. The van der Waals surface area contributed by atoms with Crippen molar-refractivity contribution in [3.8, 4) is 0 Å². The number of allylic oxidation sites excluding steroid dienone is 10. The van der Waals surface area contributed by atoms with Crippen molar-refractivity contribution < 1.29 is 37.6 Å². The lowest BCUT2D eigenvalue weighted by atomic mass is 10.1. The molecule has 0 spiro atoms. The van der Waals surface area contributed by atoms with Gasteiger partial charge in [-0.15, -0.1) is 0 Å². The highest BCUT2D eigenvalue weighted by molar-refractivity contribution is 7.47. The number of ether oxygens (including phenoxy) is 2. The lowest BCUT2D eigenvalue weighted by molar-refractivity contribution is -0.161. The van der Waals surface area contributed by atoms with Gasteiger partial charge in [0.25, 0.3) is 0 Å². The van der Waals surface area contributed by atoms with Crippen LogP contribution in [-0.4, -0.2) is 49.3 Å². The Labute approximate surface area is 361 Å². The van der Waals surface area contributed by atoms with Crippen molar-refractivity contribution in [2.24, 2.45) is 5.73 Å². The molecule has 59 heavy (non-hydrogen) atoms. The van der Waals surface area contributed by atoms with Crippen LogP contribution in [0.4, 0.5) is 0 Å². The normalized spacial score (nSPS) is 13.8. The van der Waals surface area contributed by atoms with Gasteiger partial charge in [0.2, 0.25) is 0 Å². The summed E-state index contributed by atoms with van der Waals surface area (Å²) < 4.78 is 32.8. The monoisotopic (exact) mass is 850 g/mol. The van der Waals surface area contributed by atoms with Crippen LogP contribution in [0.5, 0.6) is 0 Å². The summed E-state index contributed by atoms with van der Waals surface area (Å²) in [4.78, 5) is 34.9. The molecule has 0 rings (SSSR count). The van der Waals surface area contributed by atoms with E-state index in [1.54, 1.807) is 0 Å². The van der Waals surface area contributed by atoms with Gasteiger partial charge in [0, 0.05) is 19.4 Å². The van der Waals surface area contributed by atoms with E-state index >= 15 is 0 Å². The van der Waals surface area contributed by atoms with Crippen LogP contribution in [0.1, 0.15) is 206 Å².